The van der Waals surface area contributed by atoms with Crippen LogP contribution in [0, 0.1) is 17.0 Å². The van der Waals surface area contributed by atoms with Crippen molar-refractivity contribution in [3.63, 3.8) is 0 Å². The summed E-state index contributed by atoms with van der Waals surface area (Å²) in [7, 11) is 0. The van der Waals surface area contributed by atoms with E-state index in [9.17, 15) is 19.7 Å². The first-order chi connectivity index (χ1) is 14.3. The Labute approximate surface area is 172 Å². The molecule has 0 aliphatic heterocycles. The van der Waals surface area contributed by atoms with E-state index in [1.807, 2.05) is 17.6 Å². The third kappa shape index (κ3) is 4.85. The van der Waals surface area contributed by atoms with E-state index < -0.39 is 16.9 Å². The molecule has 0 spiro atoms. The minimum absolute atomic E-state index is 0.110. The van der Waals surface area contributed by atoms with Crippen LogP contribution in [0.15, 0.2) is 55.0 Å². The first-order valence-electron chi connectivity index (χ1n) is 9.13. The van der Waals surface area contributed by atoms with Crippen LogP contribution in [0.1, 0.15) is 28.7 Å². The zero-order chi connectivity index (χ0) is 21.7. The van der Waals surface area contributed by atoms with E-state index in [0.29, 0.717) is 5.82 Å². The summed E-state index contributed by atoms with van der Waals surface area (Å²) in [6.45, 7) is 3.65. The number of imidazole rings is 1. The van der Waals surface area contributed by atoms with Crippen LogP contribution in [0.4, 0.5) is 5.69 Å². The third-order valence-electron chi connectivity index (χ3n) is 4.41. The molecule has 0 bridgehead atoms. The minimum atomic E-state index is -0.825. The number of carbonyl (C=O) groups is 2. The number of nitro benzene ring substituents is 1. The predicted molar refractivity (Wildman–Crippen MR) is 108 cm³/mol. The maximum atomic E-state index is 12.4. The lowest BCUT2D eigenvalue weighted by molar-refractivity contribution is -0.384. The van der Waals surface area contributed by atoms with Crippen molar-refractivity contribution in [1.29, 1.82) is 0 Å². The standard InChI is InChI=1S/C20H20N6O4/c1-13(24-20(28)16-4-3-5-17(11-16)26(29)30)19(27)23-12-15-6-7-22-18(10-15)25-9-8-21-14(25)2/h3-11,13H,12H2,1-2H3,(H,23,27)(H,24,28)/t13-/m1/s1. The van der Waals surface area contributed by atoms with Gasteiger partial charge >= 0.3 is 0 Å². The fraction of sp³-hybridized carbons (Fsp3) is 0.200. The van der Waals surface area contributed by atoms with Crippen LogP contribution in [0.25, 0.3) is 5.82 Å². The van der Waals surface area contributed by atoms with Crippen molar-refractivity contribution in [3.05, 3.63) is 82.1 Å². The number of hydrogen-bond acceptors (Lipinski definition) is 6. The molecule has 1 aromatic carbocycles. The summed E-state index contributed by atoms with van der Waals surface area (Å²) in [6, 6.07) is 8.11. The van der Waals surface area contributed by atoms with Crippen molar-refractivity contribution < 1.29 is 14.5 Å². The van der Waals surface area contributed by atoms with Crippen molar-refractivity contribution in [2.24, 2.45) is 0 Å². The summed E-state index contributed by atoms with van der Waals surface area (Å²) < 4.78 is 1.83. The molecule has 0 fully saturated rings. The SMILES string of the molecule is Cc1nccn1-c1cc(CNC(=O)[C@@H](C)NC(=O)c2cccc([N+](=O)[O-])c2)ccn1. The Balaban J connectivity index is 1.59. The molecule has 0 aliphatic rings. The molecular weight excluding hydrogens is 388 g/mol. The number of pyridine rings is 1. The lowest BCUT2D eigenvalue weighted by Crippen LogP contribution is -2.44. The number of rotatable bonds is 7. The molecule has 0 radical (unpaired) electrons. The van der Waals surface area contributed by atoms with Crippen LogP contribution in [-0.4, -0.2) is 37.3 Å². The highest BCUT2D eigenvalue weighted by molar-refractivity contribution is 5.97. The summed E-state index contributed by atoms with van der Waals surface area (Å²) in [5.74, 6) is 0.527. The van der Waals surface area contributed by atoms with Gasteiger partial charge in [-0.15, -0.1) is 0 Å². The van der Waals surface area contributed by atoms with Gasteiger partial charge in [0.25, 0.3) is 11.6 Å². The van der Waals surface area contributed by atoms with Gasteiger partial charge in [0.1, 0.15) is 17.7 Å². The monoisotopic (exact) mass is 408 g/mol. The number of nitrogens with zero attached hydrogens (tertiary/aromatic N) is 4. The van der Waals surface area contributed by atoms with Crippen LogP contribution >= 0.6 is 0 Å². The molecule has 3 rings (SSSR count). The Morgan fingerprint density at radius 2 is 2.00 bits per heavy atom. The van der Waals surface area contributed by atoms with Crippen molar-refractivity contribution in [2.45, 2.75) is 26.4 Å². The van der Waals surface area contributed by atoms with Crippen molar-refractivity contribution in [1.82, 2.24) is 25.2 Å². The summed E-state index contributed by atoms with van der Waals surface area (Å²) in [5.41, 5.74) is 0.748. The number of carbonyl (C=O) groups excluding carboxylic acids is 2. The number of nitro groups is 1. The molecule has 2 heterocycles. The molecule has 0 saturated carbocycles. The molecule has 2 amide bonds. The predicted octanol–water partition coefficient (Wildman–Crippen LogP) is 1.92. The van der Waals surface area contributed by atoms with Gasteiger partial charge in [0.2, 0.25) is 5.91 Å². The molecule has 30 heavy (non-hydrogen) atoms. The van der Waals surface area contributed by atoms with E-state index in [0.717, 1.165) is 17.5 Å². The van der Waals surface area contributed by atoms with Gasteiger partial charge in [-0.3, -0.25) is 24.3 Å². The first kappa shape index (κ1) is 20.6. The second-order valence-electron chi connectivity index (χ2n) is 6.59. The maximum absolute atomic E-state index is 12.4. The first-order valence-corrected chi connectivity index (χ1v) is 9.13. The summed E-state index contributed by atoms with van der Waals surface area (Å²) in [4.78, 5) is 43.4. The molecule has 0 aliphatic carbocycles. The Morgan fingerprint density at radius 1 is 1.20 bits per heavy atom. The second-order valence-corrected chi connectivity index (χ2v) is 6.59. The molecule has 3 aromatic rings. The van der Waals surface area contributed by atoms with Crippen LogP contribution in [0.3, 0.4) is 0 Å². The van der Waals surface area contributed by atoms with E-state index in [1.165, 1.54) is 25.1 Å². The molecule has 2 aromatic heterocycles. The molecule has 154 valence electrons. The largest absolute Gasteiger partial charge is 0.350 e. The van der Waals surface area contributed by atoms with Crippen LogP contribution < -0.4 is 10.6 Å². The number of hydrogen-bond donors (Lipinski definition) is 2. The van der Waals surface area contributed by atoms with Crippen molar-refractivity contribution >= 4 is 17.5 Å². The van der Waals surface area contributed by atoms with Gasteiger partial charge in [0.05, 0.1) is 4.92 Å². The van der Waals surface area contributed by atoms with E-state index in [4.69, 9.17) is 0 Å². The molecule has 10 nitrogen and oxygen atoms in total. The number of amides is 2. The maximum Gasteiger partial charge on any atom is 0.270 e. The van der Waals surface area contributed by atoms with Gasteiger partial charge in [0, 0.05) is 42.8 Å². The molecule has 10 heteroatoms. The third-order valence-corrected chi connectivity index (χ3v) is 4.41. The quantitative estimate of drug-likeness (QED) is 0.453. The average molecular weight is 408 g/mol. The fourth-order valence-electron chi connectivity index (χ4n) is 2.77. The van der Waals surface area contributed by atoms with E-state index in [1.54, 1.807) is 24.7 Å². The number of nitrogens with one attached hydrogen (secondary N) is 2. The van der Waals surface area contributed by atoms with Gasteiger partial charge in [-0.2, -0.15) is 0 Å². The Kier molecular flexibility index (Phi) is 6.16. The van der Waals surface area contributed by atoms with Crippen LogP contribution in [0.2, 0.25) is 0 Å². The number of non-ortho nitro benzene ring substituents is 1. The van der Waals surface area contributed by atoms with E-state index >= 15 is 0 Å². The smallest absolute Gasteiger partial charge is 0.270 e. The number of aryl methyl sites for hydroxylation is 1. The molecule has 1 atom stereocenters. The lowest BCUT2D eigenvalue weighted by atomic mass is 10.1. The summed E-state index contributed by atoms with van der Waals surface area (Å²) >= 11 is 0. The molecule has 0 saturated heterocycles. The highest BCUT2D eigenvalue weighted by atomic mass is 16.6. The van der Waals surface area contributed by atoms with Crippen LogP contribution in [0.5, 0.6) is 0 Å². The Bertz CT molecular complexity index is 1090. The number of benzene rings is 1. The minimum Gasteiger partial charge on any atom is -0.350 e. The Hall–Kier alpha value is -4.08. The van der Waals surface area contributed by atoms with E-state index in [2.05, 4.69) is 20.6 Å². The van der Waals surface area contributed by atoms with Gasteiger partial charge in [-0.05, 0) is 37.6 Å². The average Bonchev–Trinajstić information content (AvgIpc) is 3.18. The molecule has 2 N–H and O–H groups in total. The molecule has 0 unspecified atom stereocenters. The van der Waals surface area contributed by atoms with E-state index in [-0.39, 0.29) is 23.7 Å². The zero-order valence-corrected chi connectivity index (χ0v) is 16.4. The van der Waals surface area contributed by atoms with Crippen LogP contribution in [-0.2, 0) is 11.3 Å². The number of aromatic nitrogens is 3. The topological polar surface area (TPSA) is 132 Å². The van der Waals surface area contributed by atoms with Gasteiger partial charge in [-0.25, -0.2) is 9.97 Å². The van der Waals surface area contributed by atoms with Gasteiger partial charge in [0.15, 0.2) is 0 Å². The van der Waals surface area contributed by atoms with Crippen molar-refractivity contribution in [2.75, 3.05) is 0 Å². The summed E-state index contributed by atoms with van der Waals surface area (Å²) in [6.07, 6.45) is 5.12. The highest BCUT2D eigenvalue weighted by Gasteiger charge is 2.18. The summed E-state index contributed by atoms with van der Waals surface area (Å²) in [5, 5.41) is 16.1. The molecular formula is C20H20N6O4. The lowest BCUT2D eigenvalue weighted by Gasteiger charge is -2.14. The van der Waals surface area contributed by atoms with Crippen molar-refractivity contribution in [3.8, 4) is 5.82 Å². The zero-order valence-electron chi connectivity index (χ0n) is 16.4. The highest BCUT2D eigenvalue weighted by Crippen LogP contribution is 2.13. The van der Waals surface area contributed by atoms with Gasteiger partial charge in [-0.1, -0.05) is 6.07 Å². The van der Waals surface area contributed by atoms with Gasteiger partial charge < -0.3 is 10.6 Å². The normalized spacial score (nSPS) is 11.5. The second kappa shape index (κ2) is 8.95. The fourth-order valence-corrected chi connectivity index (χ4v) is 2.77. The Morgan fingerprint density at radius 3 is 2.70 bits per heavy atom.